The van der Waals surface area contributed by atoms with E-state index >= 15 is 4.39 Å². The van der Waals surface area contributed by atoms with Gasteiger partial charge in [0.15, 0.2) is 5.82 Å². The van der Waals surface area contributed by atoms with E-state index in [1.807, 2.05) is 25.3 Å². The molecule has 0 aliphatic carbocycles. The highest BCUT2D eigenvalue weighted by molar-refractivity contribution is 7.81. The van der Waals surface area contributed by atoms with Crippen LogP contribution in [0.25, 0.3) is 16.7 Å². The zero-order chi connectivity index (χ0) is 25.7. The van der Waals surface area contributed by atoms with Crippen LogP contribution < -0.4 is 9.64 Å². The molecule has 11 heteroatoms. The lowest BCUT2D eigenvalue weighted by atomic mass is 9.83. The number of rotatable bonds is 5. The monoisotopic (exact) mass is 528 g/mol. The standard InChI is InChI=1S/C26H33FN6O3S/c1-16-8-18-11-28-33(24-10-23(29-25(30-24)34-3)32-6-7-35-13-17(32)2)21(18)9-20(16)26(37)4-5-31(12-22(26)27)19-14-36-15-19/h8-11,17,19,22,37H,4-7,12-15H2,1-3H3/t17-,22?,26+/m1/s1. The van der Waals surface area contributed by atoms with Crippen LogP contribution >= 0.6 is 12.6 Å². The molecule has 0 bridgehead atoms. The number of aryl methyl sites for hydroxylation is 1. The minimum Gasteiger partial charge on any atom is -0.467 e. The van der Waals surface area contributed by atoms with Crippen LogP contribution in [0.4, 0.5) is 10.2 Å². The molecule has 0 N–H and O–H groups in total. The van der Waals surface area contributed by atoms with Crippen LogP contribution in [0.5, 0.6) is 6.01 Å². The van der Waals surface area contributed by atoms with Crippen molar-refractivity contribution in [1.82, 2.24) is 24.6 Å². The second-order valence-corrected chi connectivity index (χ2v) is 11.1. The van der Waals surface area contributed by atoms with Crippen molar-refractivity contribution in [1.29, 1.82) is 0 Å². The molecule has 3 saturated heterocycles. The van der Waals surface area contributed by atoms with Gasteiger partial charge < -0.3 is 19.1 Å². The maximum atomic E-state index is 15.8. The van der Waals surface area contributed by atoms with Gasteiger partial charge in [0, 0.05) is 31.1 Å². The fourth-order valence-corrected chi connectivity index (χ4v) is 6.06. The summed E-state index contributed by atoms with van der Waals surface area (Å²) in [5.41, 5.74) is 2.75. The minimum absolute atomic E-state index is 0.174. The van der Waals surface area contributed by atoms with Crippen LogP contribution in [0.3, 0.4) is 0 Å². The maximum Gasteiger partial charge on any atom is 0.320 e. The number of anilines is 1. The molecule has 0 radical (unpaired) electrons. The number of thiol groups is 1. The third-order valence-electron chi connectivity index (χ3n) is 7.95. The minimum atomic E-state index is -1.11. The molecule has 0 saturated carbocycles. The van der Waals surface area contributed by atoms with Gasteiger partial charge >= 0.3 is 6.01 Å². The Bertz CT molecular complexity index is 1300. The lowest BCUT2D eigenvalue weighted by Gasteiger charge is -2.47. The van der Waals surface area contributed by atoms with E-state index in [-0.39, 0.29) is 12.1 Å². The summed E-state index contributed by atoms with van der Waals surface area (Å²) in [5, 5.41) is 5.61. The highest BCUT2D eigenvalue weighted by Gasteiger charge is 2.45. The molecule has 0 amide bonds. The molecule has 6 rings (SSSR count). The average molecular weight is 529 g/mol. The Morgan fingerprint density at radius 3 is 2.62 bits per heavy atom. The van der Waals surface area contributed by atoms with Gasteiger partial charge in [0.25, 0.3) is 0 Å². The number of hydrogen-bond acceptors (Lipinski definition) is 9. The van der Waals surface area contributed by atoms with Crippen molar-refractivity contribution >= 4 is 29.3 Å². The molecule has 3 atom stereocenters. The largest absolute Gasteiger partial charge is 0.467 e. The number of aromatic nitrogens is 4. The van der Waals surface area contributed by atoms with E-state index in [0.717, 1.165) is 40.9 Å². The third kappa shape index (κ3) is 4.35. The molecule has 3 aromatic rings. The van der Waals surface area contributed by atoms with Gasteiger partial charge in [0.05, 0.1) is 62.1 Å². The van der Waals surface area contributed by atoms with Crippen LogP contribution in [0.2, 0.25) is 0 Å². The van der Waals surface area contributed by atoms with Crippen molar-refractivity contribution < 1.29 is 18.6 Å². The Labute approximate surface area is 221 Å². The van der Waals surface area contributed by atoms with Crippen molar-refractivity contribution in [3.05, 3.63) is 35.5 Å². The topological polar surface area (TPSA) is 77.8 Å². The van der Waals surface area contributed by atoms with Crippen molar-refractivity contribution in [2.75, 3.05) is 58.1 Å². The Hall–Kier alpha value is -2.47. The second-order valence-electron chi connectivity index (χ2n) is 10.3. The Morgan fingerprint density at radius 1 is 1.11 bits per heavy atom. The number of benzene rings is 1. The van der Waals surface area contributed by atoms with Crippen LogP contribution in [0.15, 0.2) is 24.4 Å². The SMILES string of the molecule is COc1nc(N2CCOC[C@H]2C)cc(-n2ncc3cc(C)c([C@@]4(S)CCN(C5COC5)CC4F)cc32)n1. The van der Waals surface area contributed by atoms with Crippen molar-refractivity contribution in [3.63, 3.8) is 0 Å². The quantitative estimate of drug-likeness (QED) is 0.507. The van der Waals surface area contributed by atoms with Crippen LogP contribution in [-0.2, 0) is 14.2 Å². The number of hydrogen-bond donors (Lipinski definition) is 1. The predicted octanol–water partition coefficient (Wildman–Crippen LogP) is 2.93. The third-order valence-corrected chi connectivity index (χ3v) is 8.70. The first-order valence-electron chi connectivity index (χ1n) is 12.8. The van der Waals surface area contributed by atoms with Crippen LogP contribution in [-0.4, -0.2) is 96.1 Å². The number of likely N-dealkylation sites (tertiary alicyclic amines) is 1. The van der Waals surface area contributed by atoms with Crippen molar-refractivity contribution in [2.24, 2.45) is 0 Å². The molecule has 9 nitrogen and oxygen atoms in total. The summed E-state index contributed by atoms with van der Waals surface area (Å²) in [6.45, 7) is 8.65. The molecule has 3 aliphatic rings. The number of alkyl halides is 1. The van der Waals surface area contributed by atoms with E-state index < -0.39 is 10.9 Å². The number of nitrogens with zero attached hydrogens (tertiary/aromatic N) is 6. The first-order chi connectivity index (χ1) is 17.9. The zero-order valence-electron chi connectivity index (χ0n) is 21.4. The van der Waals surface area contributed by atoms with E-state index in [1.54, 1.807) is 11.8 Å². The van der Waals surface area contributed by atoms with Gasteiger partial charge in [0.2, 0.25) is 0 Å². The van der Waals surface area contributed by atoms with E-state index in [0.29, 0.717) is 51.3 Å². The van der Waals surface area contributed by atoms with Crippen molar-refractivity contribution in [3.8, 4) is 11.8 Å². The predicted molar refractivity (Wildman–Crippen MR) is 142 cm³/mol. The van der Waals surface area contributed by atoms with Gasteiger partial charge in [0.1, 0.15) is 12.0 Å². The lowest BCUT2D eigenvalue weighted by molar-refractivity contribution is -0.0827. The number of halogens is 1. The van der Waals surface area contributed by atoms with E-state index in [2.05, 4.69) is 37.9 Å². The summed E-state index contributed by atoms with van der Waals surface area (Å²) >= 11 is 4.99. The molecule has 1 unspecified atom stereocenters. The second kappa shape index (κ2) is 9.68. The van der Waals surface area contributed by atoms with Gasteiger partial charge in [-0.05, 0) is 43.5 Å². The first-order valence-corrected chi connectivity index (χ1v) is 13.3. The summed E-state index contributed by atoms with van der Waals surface area (Å²) in [5.74, 6) is 1.35. The fraction of sp³-hybridized carbons (Fsp3) is 0.577. The number of morpholine rings is 1. The molecule has 198 valence electrons. The lowest BCUT2D eigenvalue weighted by Crippen LogP contribution is -2.57. The average Bonchev–Trinajstić information content (AvgIpc) is 3.27. The Balaban J connectivity index is 1.38. The summed E-state index contributed by atoms with van der Waals surface area (Å²) in [7, 11) is 1.56. The summed E-state index contributed by atoms with van der Waals surface area (Å²) in [6, 6.07) is 6.78. The highest BCUT2D eigenvalue weighted by atomic mass is 32.1. The highest BCUT2D eigenvalue weighted by Crippen LogP contribution is 2.44. The summed E-state index contributed by atoms with van der Waals surface area (Å²) in [4.78, 5) is 13.6. The smallest absolute Gasteiger partial charge is 0.320 e. The van der Waals surface area contributed by atoms with Crippen LogP contribution in [0, 0.1) is 6.92 Å². The molecule has 1 aromatic carbocycles. The van der Waals surface area contributed by atoms with Gasteiger partial charge in [-0.2, -0.15) is 27.7 Å². The summed E-state index contributed by atoms with van der Waals surface area (Å²) in [6.07, 6.45) is 1.33. The normalized spacial score (nSPS) is 27.4. The van der Waals surface area contributed by atoms with E-state index in [1.165, 1.54) is 0 Å². The number of ether oxygens (including phenoxy) is 3. The molecule has 2 aromatic heterocycles. The van der Waals surface area contributed by atoms with Gasteiger partial charge in [-0.25, -0.2) is 9.07 Å². The number of methoxy groups -OCH3 is 1. The van der Waals surface area contributed by atoms with Gasteiger partial charge in [-0.15, -0.1) is 0 Å². The number of fused-ring (bicyclic) bond motifs is 1. The van der Waals surface area contributed by atoms with E-state index in [4.69, 9.17) is 26.8 Å². The Kier molecular flexibility index (Phi) is 6.50. The molecule has 0 spiro atoms. The first kappa shape index (κ1) is 24.8. The zero-order valence-corrected chi connectivity index (χ0v) is 22.3. The molecular weight excluding hydrogens is 495 g/mol. The van der Waals surface area contributed by atoms with Gasteiger partial charge in [-0.3, -0.25) is 4.90 Å². The van der Waals surface area contributed by atoms with Gasteiger partial charge in [-0.1, -0.05) is 0 Å². The molecule has 3 fully saturated rings. The molecule has 37 heavy (non-hydrogen) atoms. The fourth-order valence-electron chi connectivity index (χ4n) is 5.64. The maximum absolute atomic E-state index is 15.8. The Morgan fingerprint density at radius 2 is 1.92 bits per heavy atom. The number of piperidine rings is 1. The van der Waals surface area contributed by atoms with Crippen molar-refractivity contribution in [2.45, 2.75) is 43.3 Å². The van der Waals surface area contributed by atoms with Crippen LogP contribution in [0.1, 0.15) is 24.5 Å². The summed E-state index contributed by atoms with van der Waals surface area (Å²) < 4.78 is 33.0. The molecule has 3 aliphatic heterocycles. The van der Waals surface area contributed by atoms with E-state index in [9.17, 15) is 0 Å². The molecular formula is C26H33FN6O3S. The molecule has 5 heterocycles.